The maximum Gasteiger partial charge on any atom is 0.249 e. The van der Waals surface area contributed by atoms with Crippen molar-refractivity contribution in [3.8, 4) is 11.3 Å². The van der Waals surface area contributed by atoms with Gasteiger partial charge in [-0.25, -0.2) is 10.4 Å². The first kappa shape index (κ1) is 26.7. The number of aromatic nitrogens is 1. The van der Waals surface area contributed by atoms with Gasteiger partial charge >= 0.3 is 0 Å². The van der Waals surface area contributed by atoms with E-state index in [1.54, 1.807) is 6.21 Å². The molecule has 10 heteroatoms. The number of hydrogen-bond acceptors (Lipinski definition) is 6. The van der Waals surface area contributed by atoms with Gasteiger partial charge in [0.2, 0.25) is 11.8 Å². The molecule has 2 aromatic carbocycles. The Balaban J connectivity index is 1.50. The molecular weight excluding hydrogens is 505 g/mol. The summed E-state index contributed by atoms with van der Waals surface area (Å²) < 4.78 is 0. The molecule has 1 aromatic heterocycles. The third-order valence-electron chi connectivity index (χ3n) is 5.14. The molecule has 7 nitrogen and oxygen atoms in total. The van der Waals surface area contributed by atoms with E-state index in [2.05, 4.69) is 25.7 Å². The van der Waals surface area contributed by atoms with Crippen molar-refractivity contribution in [2.24, 2.45) is 5.10 Å². The van der Waals surface area contributed by atoms with Crippen LogP contribution in [0.25, 0.3) is 11.3 Å². The van der Waals surface area contributed by atoms with Crippen LogP contribution < -0.4 is 15.6 Å². The summed E-state index contributed by atoms with van der Waals surface area (Å²) in [7, 11) is 0. The molecule has 3 rings (SSSR count). The predicted octanol–water partition coefficient (Wildman–Crippen LogP) is 5.19. The van der Waals surface area contributed by atoms with Crippen LogP contribution in [-0.2, 0) is 9.59 Å². The monoisotopic (exact) mass is 531 g/mol. The van der Waals surface area contributed by atoms with Gasteiger partial charge in [-0.1, -0.05) is 35.9 Å². The number of benzene rings is 2. The zero-order chi connectivity index (χ0) is 25.2. The zero-order valence-electron chi connectivity index (χ0n) is 19.6. The van der Waals surface area contributed by atoms with Crippen molar-refractivity contribution < 1.29 is 9.59 Å². The number of nitrogens with one attached hydrogen (secondary N) is 2. The fourth-order valence-electron chi connectivity index (χ4n) is 3.29. The second kappa shape index (κ2) is 13.2. The second-order valence-electron chi connectivity index (χ2n) is 7.83. The Bertz CT molecular complexity index is 1170. The number of carbonyl (C=O) groups is 2. The zero-order valence-corrected chi connectivity index (χ0v) is 21.9. The lowest BCUT2D eigenvalue weighted by Crippen LogP contribution is -2.27. The fraction of sp³-hybridized carbons (Fsp3) is 0.280. The lowest BCUT2D eigenvalue weighted by atomic mass is 10.1. The fourth-order valence-corrected chi connectivity index (χ4v) is 4.43. The molecule has 0 bridgehead atoms. The van der Waals surface area contributed by atoms with Crippen LogP contribution in [0.3, 0.4) is 0 Å². The van der Waals surface area contributed by atoms with Gasteiger partial charge in [-0.2, -0.15) is 5.10 Å². The maximum absolute atomic E-state index is 12.2. The number of halogens is 2. The van der Waals surface area contributed by atoms with E-state index in [0.717, 1.165) is 33.6 Å². The highest BCUT2D eigenvalue weighted by molar-refractivity contribution is 7.14. The largest absolute Gasteiger partial charge is 0.369 e. The van der Waals surface area contributed by atoms with E-state index in [9.17, 15) is 9.59 Å². The maximum atomic E-state index is 12.2. The summed E-state index contributed by atoms with van der Waals surface area (Å²) in [5, 5.41) is 8.95. The van der Waals surface area contributed by atoms with Gasteiger partial charge in [0.1, 0.15) is 6.42 Å². The molecule has 0 radical (unpaired) electrons. The predicted molar refractivity (Wildman–Crippen MR) is 146 cm³/mol. The Morgan fingerprint density at radius 3 is 2.43 bits per heavy atom. The molecule has 0 spiro atoms. The Hall–Kier alpha value is -2.94. The number of hydrazone groups is 1. The lowest BCUT2D eigenvalue weighted by molar-refractivity contribution is -0.126. The molecule has 0 fully saturated rings. The average Bonchev–Trinajstić information content (AvgIpc) is 3.28. The Morgan fingerprint density at radius 1 is 1.06 bits per heavy atom. The number of carbonyl (C=O) groups excluding carboxylic acids is 2. The van der Waals surface area contributed by atoms with E-state index in [-0.39, 0.29) is 6.42 Å². The van der Waals surface area contributed by atoms with Gasteiger partial charge in [0.15, 0.2) is 5.13 Å². The molecule has 3 aromatic rings. The first-order chi connectivity index (χ1) is 16.9. The molecule has 0 aliphatic rings. The summed E-state index contributed by atoms with van der Waals surface area (Å²) in [4.78, 5) is 30.9. The van der Waals surface area contributed by atoms with Crippen LogP contribution in [-0.4, -0.2) is 47.9 Å². The third kappa shape index (κ3) is 8.06. The van der Waals surface area contributed by atoms with Gasteiger partial charge in [0.25, 0.3) is 0 Å². The minimum absolute atomic E-state index is 0.361. The minimum Gasteiger partial charge on any atom is -0.369 e. The topological polar surface area (TPSA) is 86.7 Å². The van der Waals surface area contributed by atoms with E-state index in [0.29, 0.717) is 30.0 Å². The SMILES string of the molecule is Cc1ccc(-c2csc(NC(=O)CC(=O)NN=Cc3ccc(N(CCCl)CCCl)cc3C)n2)cc1. The Morgan fingerprint density at radius 2 is 1.77 bits per heavy atom. The van der Waals surface area contributed by atoms with Crippen molar-refractivity contribution in [3.05, 3.63) is 64.5 Å². The van der Waals surface area contributed by atoms with Crippen molar-refractivity contribution in [2.75, 3.05) is 35.1 Å². The number of amides is 2. The van der Waals surface area contributed by atoms with E-state index in [4.69, 9.17) is 23.2 Å². The van der Waals surface area contributed by atoms with Crippen LogP contribution in [0.5, 0.6) is 0 Å². The molecule has 2 N–H and O–H groups in total. The molecule has 0 aliphatic heterocycles. The van der Waals surface area contributed by atoms with Crippen LogP contribution >= 0.6 is 34.5 Å². The number of aryl methyl sites for hydroxylation is 2. The molecule has 2 amide bonds. The summed E-state index contributed by atoms with van der Waals surface area (Å²) in [6.07, 6.45) is 1.19. The molecule has 184 valence electrons. The molecule has 0 saturated heterocycles. The number of alkyl halides is 2. The summed E-state index contributed by atoms with van der Waals surface area (Å²) in [6, 6.07) is 13.9. The van der Waals surface area contributed by atoms with Gasteiger partial charge in [-0.3, -0.25) is 9.59 Å². The molecule has 0 atom stereocenters. The van der Waals surface area contributed by atoms with E-state index in [1.807, 2.05) is 61.7 Å². The smallest absolute Gasteiger partial charge is 0.249 e. The number of hydrogen-bond donors (Lipinski definition) is 2. The highest BCUT2D eigenvalue weighted by Gasteiger charge is 2.12. The first-order valence-corrected chi connectivity index (χ1v) is 13.0. The first-order valence-electron chi connectivity index (χ1n) is 11.0. The standard InChI is InChI=1S/C25H27Cl2N5O2S/c1-17-3-5-19(6-4-17)22-16-35-25(29-22)30-23(33)14-24(34)31-28-15-20-7-8-21(13-18(20)2)32(11-9-26)12-10-27/h3-8,13,15-16H,9-12,14H2,1-2H3,(H,31,34)(H,29,30,33). The third-order valence-corrected chi connectivity index (χ3v) is 6.24. The highest BCUT2D eigenvalue weighted by Crippen LogP contribution is 2.25. The Labute approximate surface area is 219 Å². The molecule has 0 unspecified atom stereocenters. The van der Waals surface area contributed by atoms with Gasteiger partial charge in [0, 0.05) is 41.5 Å². The molecule has 1 heterocycles. The number of rotatable bonds is 11. The normalized spacial score (nSPS) is 11.0. The van der Waals surface area contributed by atoms with Crippen molar-refractivity contribution >= 4 is 63.4 Å². The van der Waals surface area contributed by atoms with Crippen molar-refractivity contribution in [3.63, 3.8) is 0 Å². The summed E-state index contributed by atoms with van der Waals surface area (Å²) in [5.41, 5.74) is 8.15. The van der Waals surface area contributed by atoms with E-state index in [1.165, 1.54) is 11.3 Å². The molecular formula is C25H27Cl2N5O2S. The molecule has 35 heavy (non-hydrogen) atoms. The summed E-state index contributed by atoms with van der Waals surface area (Å²) in [6.45, 7) is 5.38. The lowest BCUT2D eigenvalue weighted by Gasteiger charge is -2.23. The van der Waals surface area contributed by atoms with Crippen LogP contribution in [0.2, 0.25) is 0 Å². The van der Waals surface area contributed by atoms with Crippen molar-refractivity contribution in [2.45, 2.75) is 20.3 Å². The summed E-state index contributed by atoms with van der Waals surface area (Å²) >= 11 is 13.1. The van der Waals surface area contributed by atoms with Gasteiger partial charge < -0.3 is 10.2 Å². The molecule has 0 saturated carbocycles. The average molecular weight is 532 g/mol. The Kier molecular flexibility index (Phi) is 10.1. The van der Waals surface area contributed by atoms with E-state index >= 15 is 0 Å². The van der Waals surface area contributed by atoms with Crippen LogP contribution in [0, 0.1) is 13.8 Å². The number of nitrogens with zero attached hydrogens (tertiary/aromatic N) is 3. The van der Waals surface area contributed by atoms with Crippen molar-refractivity contribution in [1.29, 1.82) is 0 Å². The van der Waals surface area contributed by atoms with Crippen LogP contribution in [0.4, 0.5) is 10.8 Å². The quantitative estimate of drug-likeness (QED) is 0.154. The van der Waals surface area contributed by atoms with Gasteiger partial charge in [0.05, 0.1) is 11.9 Å². The molecule has 0 aliphatic carbocycles. The van der Waals surface area contributed by atoms with Gasteiger partial charge in [-0.15, -0.1) is 34.5 Å². The van der Waals surface area contributed by atoms with E-state index < -0.39 is 11.8 Å². The number of anilines is 2. The summed E-state index contributed by atoms with van der Waals surface area (Å²) in [5.74, 6) is 0.0465. The van der Waals surface area contributed by atoms with Gasteiger partial charge in [-0.05, 0) is 37.1 Å². The minimum atomic E-state index is -0.515. The second-order valence-corrected chi connectivity index (χ2v) is 9.44. The van der Waals surface area contributed by atoms with Crippen LogP contribution in [0.15, 0.2) is 52.9 Å². The van der Waals surface area contributed by atoms with Crippen LogP contribution in [0.1, 0.15) is 23.1 Å². The van der Waals surface area contributed by atoms with Crippen molar-refractivity contribution in [1.82, 2.24) is 10.4 Å². The number of thiazole rings is 1. The highest BCUT2D eigenvalue weighted by atomic mass is 35.5.